The van der Waals surface area contributed by atoms with Crippen molar-refractivity contribution >= 4 is 29.6 Å². The van der Waals surface area contributed by atoms with Gasteiger partial charge in [-0.05, 0) is 78.1 Å². The lowest BCUT2D eigenvalue weighted by molar-refractivity contribution is -0.159. The van der Waals surface area contributed by atoms with Gasteiger partial charge in [0.25, 0.3) is 5.56 Å². The maximum Gasteiger partial charge on any atom is 0.407 e. The third-order valence-corrected chi connectivity index (χ3v) is 5.40. The zero-order valence-corrected chi connectivity index (χ0v) is 24.0. The van der Waals surface area contributed by atoms with Crippen molar-refractivity contribution in [2.75, 3.05) is 6.61 Å². The number of hydrogen-bond donors (Lipinski definition) is 1. The molecule has 208 valence electrons. The number of amides is 1. The van der Waals surface area contributed by atoms with Gasteiger partial charge in [-0.15, -0.1) is 0 Å². The van der Waals surface area contributed by atoms with E-state index in [-0.39, 0.29) is 30.7 Å². The fourth-order valence-electron chi connectivity index (χ4n) is 3.67. The highest BCUT2D eigenvalue weighted by Gasteiger charge is 2.28. The van der Waals surface area contributed by atoms with Gasteiger partial charge in [0.1, 0.15) is 17.2 Å². The second kappa shape index (κ2) is 12.5. The van der Waals surface area contributed by atoms with Crippen molar-refractivity contribution in [3.05, 3.63) is 57.0 Å². The Morgan fingerprint density at radius 2 is 1.61 bits per heavy atom. The minimum absolute atomic E-state index is 0.0439. The predicted molar refractivity (Wildman–Crippen MR) is 145 cm³/mol. The van der Waals surface area contributed by atoms with Crippen LogP contribution in [-0.4, -0.2) is 40.4 Å². The predicted octanol–water partition coefficient (Wildman–Crippen LogP) is 5.66. The average molecular weight is 549 g/mol. The molecular formula is C28H37ClN2O7. The number of nitrogens with zero attached hydrogens (tertiary/aromatic N) is 1. The summed E-state index contributed by atoms with van der Waals surface area (Å²) in [7, 11) is 0. The van der Waals surface area contributed by atoms with Crippen LogP contribution in [0.1, 0.15) is 83.8 Å². The lowest BCUT2D eigenvalue weighted by Crippen LogP contribution is -2.35. The Labute approximate surface area is 228 Å². The first-order valence-corrected chi connectivity index (χ1v) is 12.9. The van der Waals surface area contributed by atoms with Gasteiger partial charge in [0.15, 0.2) is 0 Å². The molecule has 0 aliphatic rings. The van der Waals surface area contributed by atoms with E-state index < -0.39 is 40.8 Å². The molecule has 0 aliphatic heterocycles. The maximum absolute atomic E-state index is 13.3. The molecule has 1 unspecified atom stereocenters. The molecule has 9 nitrogen and oxygen atoms in total. The zero-order chi connectivity index (χ0) is 28.8. The number of ether oxygens (including phenoxy) is 3. The van der Waals surface area contributed by atoms with Crippen LogP contribution in [0.15, 0.2) is 35.3 Å². The second-order valence-electron chi connectivity index (χ2n) is 10.7. The Hall–Kier alpha value is -3.33. The van der Waals surface area contributed by atoms with E-state index in [1.165, 1.54) is 16.8 Å². The highest BCUT2D eigenvalue weighted by Crippen LogP contribution is 2.31. The van der Waals surface area contributed by atoms with E-state index in [1.54, 1.807) is 73.6 Å². The van der Waals surface area contributed by atoms with Gasteiger partial charge >= 0.3 is 18.0 Å². The number of esters is 2. The summed E-state index contributed by atoms with van der Waals surface area (Å²) in [5.74, 6) is -1.27. The molecule has 0 bridgehead atoms. The van der Waals surface area contributed by atoms with Gasteiger partial charge in [-0.3, -0.25) is 4.79 Å². The SMILES string of the molecule is CCOC(=O)c1cn(C(CC)C(=O)OC(C)(C)C)c(=O)cc1-c1cc(Cl)ccc1CNC(=O)OC(C)(C)C. The molecular weight excluding hydrogens is 512 g/mol. The van der Waals surface area contributed by atoms with Gasteiger partial charge in [-0.2, -0.15) is 0 Å². The minimum Gasteiger partial charge on any atom is -0.462 e. The smallest absolute Gasteiger partial charge is 0.407 e. The van der Waals surface area contributed by atoms with Gasteiger partial charge in [0, 0.05) is 29.4 Å². The van der Waals surface area contributed by atoms with E-state index in [0.29, 0.717) is 16.1 Å². The van der Waals surface area contributed by atoms with Crippen molar-refractivity contribution in [2.24, 2.45) is 0 Å². The fraction of sp³-hybridized carbons (Fsp3) is 0.500. The third kappa shape index (κ3) is 8.62. The van der Waals surface area contributed by atoms with Crippen LogP contribution >= 0.6 is 11.6 Å². The molecule has 0 saturated carbocycles. The molecule has 0 fully saturated rings. The van der Waals surface area contributed by atoms with Crippen LogP contribution in [0.2, 0.25) is 5.02 Å². The molecule has 1 amide bonds. The van der Waals surface area contributed by atoms with Crippen LogP contribution in [0.25, 0.3) is 11.1 Å². The number of nitrogens with one attached hydrogen (secondary N) is 1. The Morgan fingerprint density at radius 3 is 2.16 bits per heavy atom. The summed E-state index contributed by atoms with van der Waals surface area (Å²) in [6, 6.07) is 5.24. The normalized spacial score (nSPS) is 12.4. The largest absolute Gasteiger partial charge is 0.462 e. The topological polar surface area (TPSA) is 113 Å². The molecule has 0 aliphatic carbocycles. The standard InChI is InChI=1S/C28H37ClN2O7/c1-9-22(25(34)37-27(3,4)5)31-16-21(24(33)36-10-2)20(14-23(31)32)19-13-18(29)12-11-17(19)15-30-26(35)38-28(6,7)8/h11-14,16,22H,9-10,15H2,1-8H3,(H,30,35). The number of hydrogen-bond acceptors (Lipinski definition) is 7. The fourth-order valence-corrected chi connectivity index (χ4v) is 3.84. The van der Waals surface area contributed by atoms with Crippen LogP contribution in [0.3, 0.4) is 0 Å². The molecule has 0 spiro atoms. The number of rotatable bonds is 8. The zero-order valence-electron chi connectivity index (χ0n) is 23.3. The van der Waals surface area contributed by atoms with Crippen molar-refractivity contribution in [1.29, 1.82) is 0 Å². The van der Waals surface area contributed by atoms with E-state index in [2.05, 4.69) is 5.32 Å². The first-order valence-electron chi connectivity index (χ1n) is 12.5. The van der Waals surface area contributed by atoms with E-state index >= 15 is 0 Å². The summed E-state index contributed by atoms with van der Waals surface area (Å²) in [5, 5.41) is 3.05. The summed E-state index contributed by atoms with van der Waals surface area (Å²) in [5.41, 5.74) is -0.598. The van der Waals surface area contributed by atoms with Gasteiger partial charge in [-0.25, -0.2) is 14.4 Å². The van der Waals surface area contributed by atoms with Gasteiger partial charge in [-0.1, -0.05) is 24.6 Å². The van der Waals surface area contributed by atoms with E-state index in [0.717, 1.165) is 0 Å². The van der Waals surface area contributed by atoms with Crippen molar-refractivity contribution < 1.29 is 28.6 Å². The molecule has 1 heterocycles. The summed E-state index contributed by atoms with van der Waals surface area (Å²) in [6.07, 6.45) is 0.959. The molecule has 1 aromatic heterocycles. The summed E-state index contributed by atoms with van der Waals surface area (Å²) < 4.78 is 17.3. The second-order valence-corrected chi connectivity index (χ2v) is 11.1. The number of benzene rings is 1. The van der Waals surface area contributed by atoms with Crippen LogP contribution in [-0.2, 0) is 25.5 Å². The molecule has 0 radical (unpaired) electrons. The van der Waals surface area contributed by atoms with Crippen molar-refractivity contribution in [2.45, 2.75) is 85.6 Å². The molecule has 0 saturated heterocycles. The lowest BCUT2D eigenvalue weighted by Gasteiger charge is -2.25. The van der Waals surface area contributed by atoms with Crippen molar-refractivity contribution in [1.82, 2.24) is 9.88 Å². The molecule has 1 aromatic carbocycles. The summed E-state index contributed by atoms with van der Waals surface area (Å²) in [4.78, 5) is 51.5. The minimum atomic E-state index is -0.948. The highest BCUT2D eigenvalue weighted by molar-refractivity contribution is 6.31. The Bertz CT molecular complexity index is 1240. The molecule has 10 heteroatoms. The number of carbonyl (C=O) groups is 3. The number of pyridine rings is 1. The third-order valence-electron chi connectivity index (χ3n) is 5.16. The van der Waals surface area contributed by atoms with Crippen LogP contribution in [0.5, 0.6) is 0 Å². The Balaban J connectivity index is 2.64. The first kappa shape index (κ1) is 30.9. The van der Waals surface area contributed by atoms with Crippen molar-refractivity contribution in [3.8, 4) is 11.1 Å². The Morgan fingerprint density at radius 1 is 0.974 bits per heavy atom. The quantitative estimate of drug-likeness (QED) is 0.334. The molecule has 38 heavy (non-hydrogen) atoms. The van der Waals surface area contributed by atoms with Gasteiger partial charge in [0.05, 0.1) is 12.2 Å². The number of aromatic nitrogens is 1. The lowest BCUT2D eigenvalue weighted by atomic mass is 9.96. The van der Waals surface area contributed by atoms with Crippen LogP contribution in [0, 0.1) is 0 Å². The van der Waals surface area contributed by atoms with E-state index in [4.69, 9.17) is 25.8 Å². The highest BCUT2D eigenvalue weighted by atomic mass is 35.5. The summed E-state index contributed by atoms with van der Waals surface area (Å²) in [6.45, 7) is 14.0. The molecule has 2 rings (SSSR count). The summed E-state index contributed by atoms with van der Waals surface area (Å²) >= 11 is 6.28. The molecule has 1 N–H and O–H groups in total. The van der Waals surface area contributed by atoms with Crippen LogP contribution in [0.4, 0.5) is 4.79 Å². The maximum atomic E-state index is 13.3. The number of halogens is 1. The Kier molecular flexibility index (Phi) is 10.1. The van der Waals surface area contributed by atoms with E-state index in [1.807, 2.05) is 0 Å². The first-order chi connectivity index (χ1) is 17.6. The molecule has 2 aromatic rings. The van der Waals surface area contributed by atoms with E-state index in [9.17, 15) is 19.2 Å². The van der Waals surface area contributed by atoms with Gasteiger partial charge in [0.2, 0.25) is 0 Å². The number of alkyl carbamates (subject to hydrolysis) is 1. The van der Waals surface area contributed by atoms with Crippen molar-refractivity contribution in [3.63, 3.8) is 0 Å². The van der Waals surface area contributed by atoms with Gasteiger partial charge < -0.3 is 24.1 Å². The number of carbonyl (C=O) groups excluding carboxylic acids is 3. The van der Waals surface area contributed by atoms with Crippen LogP contribution < -0.4 is 10.9 Å². The monoisotopic (exact) mass is 548 g/mol. The average Bonchev–Trinajstić information content (AvgIpc) is 2.77. The molecule has 1 atom stereocenters.